The van der Waals surface area contributed by atoms with Crippen molar-refractivity contribution in [1.29, 1.82) is 0 Å². The van der Waals surface area contributed by atoms with Crippen molar-refractivity contribution >= 4 is 11.6 Å². The maximum Gasteiger partial charge on any atom is 0.193 e. The molecule has 2 aromatic rings. The highest BCUT2D eigenvalue weighted by Crippen LogP contribution is 2.24. The highest BCUT2D eigenvalue weighted by atomic mass is 35.5. The fraction of sp³-hybridized carbons (Fsp3) is 0.231. The van der Waals surface area contributed by atoms with Crippen LogP contribution in [0.5, 0.6) is 5.75 Å². The summed E-state index contributed by atoms with van der Waals surface area (Å²) in [6.45, 7) is 0. The second-order valence-corrected chi connectivity index (χ2v) is 4.41. The first-order valence-electron chi connectivity index (χ1n) is 5.68. The normalized spacial score (nSPS) is 12.4. The first-order chi connectivity index (χ1) is 9.13. The van der Waals surface area contributed by atoms with Crippen LogP contribution in [0, 0.1) is 5.82 Å². The Hall–Kier alpha value is -1.56. The van der Waals surface area contributed by atoms with E-state index in [0.717, 1.165) is 5.56 Å². The fourth-order valence-corrected chi connectivity index (χ4v) is 1.98. The van der Waals surface area contributed by atoms with E-state index in [4.69, 9.17) is 26.6 Å². The number of ether oxygens (including phenoxy) is 1. The van der Waals surface area contributed by atoms with Gasteiger partial charge < -0.3 is 9.15 Å². The molecule has 1 aromatic heterocycles. The minimum atomic E-state index is -0.409. The van der Waals surface area contributed by atoms with Gasteiger partial charge in [-0.3, -0.25) is 5.84 Å². The van der Waals surface area contributed by atoms with Gasteiger partial charge in [0.25, 0.3) is 0 Å². The summed E-state index contributed by atoms with van der Waals surface area (Å²) >= 11 is 5.72. The number of hydrazine groups is 1. The van der Waals surface area contributed by atoms with Crippen molar-refractivity contribution in [1.82, 2.24) is 5.43 Å². The van der Waals surface area contributed by atoms with E-state index in [9.17, 15) is 4.39 Å². The SMILES string of the molecule is COc1ccc(CC(NN)c2ccc(Cl)o2)cc1F. The Labute approximate surface area is 115 Å². The lowest BCUT2D eigenvalue weighted by molar-refractivity contribution is 0.385. The molecule has 0 aliphatic rings. The topological polar surface area (TPSA) is 60.4 Å². The minimum Gasteiger partial charge on any atom is -0.494 e. The lowest BCUT2D eigenvalue weighted by atomic mass is 10.0. The van der Waals surface area contributed by atoms with E-state index >= 15 is 0 Å². The fourth-order valence-electron chi connectivity index (χ4n) is 1.83. The van der Waals surface area contributed by atoms with E-state index in [1.807, 2.05) is 0 Å². The summed E-state index contributed by atoms with van der Waals surface area (Å²) in [6, 6.07) is 7.85. The number of nitrogens with two attached hydrogens (primary N) is 1. The van der Waals surface area contributed by atoms with E-state index in [2.05, 4.69) is 5.43 Å². The molecular weight excluding hydrogens is 271 g/mol. The second kappa shape index (κ2) is 6.06. The van der Waals surface area contributed by atoms with Gasteiger partial charge in [0.05, 0.1) is 13.2 Å². The lowest BCUT2D eigenvalue weighted by Crippen LogP contribution is -2.29. The predicted octanol–water partition coefficient (Wildman–Crippen LogP) is 2.83. The van der Waals surface area contributed by atoms with Gasteiger partial charge in [0, 0.05) is 0 Å². The number of hydrogen-bond acceptors (Lipinski definition) is 4. The molecule has 0 spiro atoms. The molecule has 1 atom stereocenters. The summed E-state index contributed by atoms with van der Waals surface area (Å²) in [5.41, 5.74) is 3.39. The molecule has 0 aliphatic carbocycles. The molecule has 0 saturated carbocycles. The molecule has 1 aromatic carbocycles. The van der Waals surface area contributed by atoms with Crippen LogP contribution in [0.25, 0.3) is 0 Å². The number of methoxy groups -OCH3 is 1. The zero-order valence-corrected chi connectivity index (χ0v) is 11.1. The van der Waals surface area contributed by atoms with Crippen LogP contribution >= 0.6 is 11.6 Å². The number of benzene rings is 1. The van der Waals surface area contributed by atoms with Crippen molar-refractivity contribution in [2.45, 2.75) is 12.5 Å². The highest BCUT2D eigenvalue weighted by Gasteiger charge is 2.15. The minimum absolute atomic E-state index is 0.210. The molecule has 2 rings (SSSR count). The predicted molar refractivity (Wildman–Crippen MR) is 70.4 cm³/mol. The number of nitrogens with one attached hydrogen (secondary N) is 1. The molecule has 1 heterocycles. The van der Waals surface area contributed by atoms with Gasteiger partial charge in [0.15, 0.2) is 16.8 Å². The molecule has 0 fully saturated rings. The first-order valence-corrected chi connectivity index (χ1v) is 6.05. The Morgan fingerprint density at radius 2 is 2.21 bits per heavy atom. The van der Waals surface area contributed by atoms with Gasteiger partial charge in [-0.1, -0.05) is 6.07 Å². The molecule has 0 amide bonds. The number of halogens is 2. The molecule has 0 saturated heterocycles. The van der Waals surface area contributed by atoms with Crippen LogP contribution in [-0.2, 0) is 6.42 Å². The summed E-state index contributed by atoms with van der Waals surface area (Å²) in [5, 5.41) is 0.288. The van der Waals surface area contributed by atoms with Crippen LogP contribution in [0.2, 0.25) is 5.22 Å². The molecule has 0 radical (unpaired) electrons. The van der Waals surface area contributed by atoms with Crippen LogP contribution < -0.4 is 16.0 Å². The van der Waals surface area contributed by atoms with Crippen molar-refractivity contribution in [3.63, 3.8) is 0 Å². The summed E-state index contributed by atoms with van der Waals surface area (Å²) in [7, 11) is 1.42. The third-order valence-corrected chi connectivity index (χ3v) is 3.00. The smallest absolute Gasteiger partial charge is 0.193 e. The van der Waals surface area contributed by atoms with E-state index in [-0.39, 0.29) is 17.0 Å². The molecule has 0 aliphatic heterocycles. The zero-order valence-electron chi connectivity index (χ0n) is 10.3. The molecular formula is C13H14ClFN2O2. The summed E-state index contributed by atoms with van der Waals surface area (Å²) < 4.78 is 23.7. The monoisotopic (exact) mass is 284 g/mol. The van der Waals surface area contributed by atoms with E-state index < -0.39 is 5.82 Å². The third-order valence-electron chi connectivity index (χ3n) is 2.79. The summed E-state index contributed by atoms with van der Waals surface area (Å²) in [6.07, 6.45) is 0.473. The van der Waals surface area contributed by atoms with Crippen LogP contribution in [0.3, 0.4) is 0 Å². The molecule has 102 valence electrons. The average molecular weight is 285 g/mol. The highest BCUT2D eigenvalue weighted by molar-refractivity contribution is 6.28. The van der Waals surface area contributed by atoms with Gasteiger partial charge >= 0.3 is 0 Å². The number of hydrogen-bond donors (Lipinski definition) is 2. The van der Waals surface area contributed by atoms with Crippen LogP contribution in [0.15, 0.2) is 34.7 Å². The Balaban J connectivity index is 2.16. The van der Waals surface area contributed by atoms with Gasteiger partial charge in [-0.25, -0.2) is 9.82 Å². The zero-order chi connectivity index (χ0) is 13.8. The standard InChI is InChI=1S/C13H14ClFN2O2/c1-18-11-3-2-8(6-9(11)15)7-10(17-16)12-4-5-13(14)19-12/h2-6,10,17H,7,16H2,1H3. The molecule has 3 N–H and O–H groups in total. The molecule has 0 bridgehead atoms. The van der Waals surface area contributed by atoms with Crippen LogP contribution in [0.1, 0.15) is 17.4 Å². The first kappa shape index (κ1) is 13.9. The van der Waals surface area contributed by atoms with Crippen molar-refractivity contribution in [3.05, 3.63) is 52.7 Å². The van der Waals surface area contributed by atoms with Gasteiger partial charge in [-0.15, -0.1) is 0 Å². The quantitative estimate of drug-likeness (QED) is 0.655. The van der Waals surface area contributed by atoms with Gasteiger partial charge in [0.2, 0.25) is 0 Å². The van der Waals surface area contributed by atoms with Gasteiger partial charge in [-0.05, 0) is 47.9 Å². The van der Waals surface area contributed by atoms with Crippen molar-refractivity contribution < 1.29 is 13.5 Å². The molecule has 1 unspecified atom stereocenters. The Morgan fingerprint density at radius 3 is 2.74 bits per heavy atom. The Bertz CT molecular complexity index is 559. The van der Waals surface area contributed by atoms with Crippen LogP contribution in [-0.4, -0.2) is 7.11 Å². The van der Waals surface area contributed by atoms with E-state index in [1.165, 1.54) is 13.2 Å². The number of rotatable bonds is 5. The third kappa shape index (κ3) is 3.26. The summed E-state index contributed by atoms with van der Waals surface area (Å²) in [4.78, 5) is 0. The average Bonchev–Trinajstić information content (AvgIpc) is 2.82. The second-order valence-electron chi connectivity index (χ2n) is 4.03. The Morgan fingerprint density at radius 1 is 1.42 bits per heavy atom. The summed E-state index contributed by atoms with van der Waals surface area (Å²) in [5.74, 6) is 5.89. The number of furan rings is 1. The van der Waals surface area contributed by atoms with E-state index in [0.29, 0.717) is 12.2 Å². The van der Waals surface area contributed by atoms with Crippen molar-refractivity contribution in [2.75, 3.05) is 7.11 Å². The molecule has 4 nitrogen and oxygen atoms in total. The Kier molecular flexibility index (Phi) is 4.42. The lowest BCUT2D eigenvalue weighted by Gasteiger charge is -2.13. The van der Waals surface area contributed by atoms with Crippen molar-refractivity contribution in [3.8, 4) is 5.75 Å². The molecule has 6 heteroatoms. The van der Waals surface area contributed by atoms with Crippen molar-refractivity contribution in [2.24, 2.45) is 5.84 Å². The van der Waals surface area contributed by atoms with Gasteiger partial charge in [-0.2, -0.15) is 0 Å². The molecule has 19 heavy (non-hydrogen) atoms. The van der Waals surface area contributed by atoms with Crippen LogP contribution in [0.4, 0.5) is 4.39 Å². The van der Waals surface area contributed by atoms with Gasteiger partial charge in [0.1, 0.15) is 5.76 Å². The largest absolute Gasteiger partial charge is 0.494 e. The van der Waals surface area contributed by atoms with E-state index in [1.54, 1.807) is 24.3 Å². The maximum absolute atomic E-state index is 13.6. The maximum atomic E-state index is 13.6.